The average Bonchev–Trinajstić information content (AvgIpc) is 3.24. The number of nitrogens with one attached hydrogen (secondary N) is 2. The molecule has 1 aromatic heterocycles. The number of hydrogen-bond acceptors (Lipinski definition) is 5. The van der Waals surface area contributed by atoms with Gasteiger partial charge in [0.05, 0.1) is 5.92 Å². The largest absolute Gasteiger partial charge is 0.354 e. The van der Waals surface area contributed by atoms with Gasteiger partial charge in [0.25, 0.3) is 10.0 Å². The SMILES string of the molecule is Cc1ccc(S(=O)(=O)N2CCCC(C(=O)NCC3CCCN3)C2)s1.Cl. The van der Waals surface area contributed by atoms with E-state index in [1.165, 1.54) is 15.6 Å². The van der Waals surface area contributed by atoms with Crippen LogP contribution in [0.2, 0.25) is 0 Å². The molecule has 0 aromatic carbocycles. The number of halogens is 1. The molecule has 2 unspecified atom stereocenters. The van der Waals surface area contributed by atoms with Gasteiger partial charge in [0.1, 0.15) is 4.21 Å². The summed E-state index contributed by atoms with van der Waals surface area (Å²) in [7, 11) is -3.48. The van der Waals surface area contributed by atoms with Crippen LogP contribution in [0.4, 0.5) is 0 Å². The lowest BCUT2D eigenvalue weighted by molar-refractivity contribution is -0.126. The van der Waals surface area contributed by atoms with E-state index in [0.29, 0.717) is 23.3 Å². The van der Waals surface area contributed by atoms with Crippen molar-refractivity contribution in [3.05, 3.63) is 17.0 Å². The molecule has 25 heavy (non-hydrogen) atoms. The number of thiophene rings is 1. The minimum absolute atomic E-state index is 0. The van der Waals surface area contributed by atoms with Crippen LogP contribution in [0.3, 0.4) is 0 Å². The van der Waals surface area contributed by atoms with Gasteiger partial charge in [0.2, 0.25) is 5.91 Å². The molecule has 2 N–H and O–H groups in total. The zero-order chi connectivity index (χ0) is 17.2. The van der Waals surface area contributed by atoms with Crippen molar-refractivity contribution in [2.24, 2.45) is 5.92 Å². The zero-order valence-electron chi connectivity index (χ0n) is 14.4. The number of rotatable bonds is 5. The predicted octanol–water partition coefficient (Wildman–Crippen LogP) is 1.75. The summed E-state index contributed by atoms with van der Waals surface area (Å²) in [6.45, 7) is 4.31. The van der Waals surface area contributed by atoms with E-state index in [2.05, 4.69) is 10.6 Å². The maximum atomic E-state index is 12.7. The molecule has 0 bridgehead atoms. The topological polar surface area (TPSA) is 78.5 Å². The third-order valence-electron chi connectivity index (χ3n) is 4.75. The number of piperidine rings is 1. The lowest BCUT2D eigenvalue weighted by atomic mass is 9.98. The van der Waals surface area contributed by atoms with Crippen molar-refractivity contribution in [1.29, 1.82) is 0 Å². The molecule has 0 aliphatic carbocycles. The first kappa shape index (κ1) is 20.6. The summed E-state index contributed by atoms with van der Waals surface area (Å²) >= 11 is 1.29. The molecule has 142 valence electrons. The third kappa shape index (κ3) is 4.95. The van der Waals surface area contributed by atoms with Crippen LogP contribution in [-0.2, 0) is 14.8 Å². The van der Waals surface area contributed by atoms with Gasteiger partial charge in [-0.1, -0.05) is 0 Å². The summed E-state index contributed by atoms with van der Waals surface area (Å²) in [5, 5.41) is 6.34. The number of hydrogen-bond donors (Lipinski definition) is 2. The van der Waals surface area contributed by atoms with Crippen LogP contribution in [0.15, 0.2) is 16.3 Å². The van der Waals surface area contributed by atoms with Crippen LogP contribution in [0.5, 0.6) is 0 Å². The number of nitrogens with zero attached hydrogens (tertiary/aromatic N) is 1. The Morgan fingerprint density at radius 3 is 2.80 bits per heavy atom. The normalized spacial score (nSPS) is 24.7. The number of aryl methyl sites for hydroxylation is 1. The first-order valence-corrected chi connectivity index (χ1v) is 10.8. The van der Waals surface area contributed by atoms with Gasteiger partial charge in [0.15, 0.2) is 0 Å². The molecule has 2 atom stereocenters. The van der Waals surface area contributed by atoms with Crippen LogP contribution in [0.25, 0.3) is 0 Å². The average molecular weight is 408 g/mol. The third-order valence-corrected chi connectivity index (χ3v) is 8.08. The number of sulfonamides is 1. The van der Waals surface area contributed by atoms with Crippen molar-refractivity contribution in [3.63, 3.8) is 0 Å². The molecule has 2 aliphatic heterocycles. The van der Waals surface area contributed by atoms with Crippen LogP contribution >= 0.6 is 23.7 Å². The quantitative estimate of drug-likeness (QED) is 0.779. The van der Waals surface area contributed by atoms with Crippen LogP contribution in [0, 0.1) is 12.8 Å². The summed E-state index contributed by atoms with van der Waals surface area (Å²) in [6, 6.07) is 3.83. The molecule has 6 nitrogen and oxygen atoms in total. The van der Waals surface area contributed by atoms with Crippen molar-refractivity contribution in [2.75, 3.05) is 26.2 Å². The second-order valence-corrected chi connectivity index (χ2v) is 10.1. The van der Waals surface area contributed by atoms with E-state index < -0.39 is 10.0 Å². The lowest BCUT2D eigenvalue weighted by Crippen LogP contribution is -2.47. The molecular formula is C16H26ClN3O3S2. The highest BCUT2D eigenvalue weighted by Crippen LogP contribution is 2.28. The van der Waals surface area contributed by atoms with Gasteiger partial charge in [-0.3, -0.25) is 4.79 Å². The van der Waals surface area contributed by atoms with Crippen molar-refractivity contribution >= 4 is 39.7 Å². The molecule has 1 aromatic rings. The molecular weight excluding hydrogens is 382 g/mol. The molecule has 9 heteroatoms. The van der Waals surface area contributed by atoms with Crippen LogP contribution in [0.1, 0.15) is 30.6 Å². The van der Waals surface area contributed by atoms with Crippen LogP contribution in [-0.4, -0.2) is 50.9 Å². The maximum absolute atomic E-state index is 12.7. The molecule has 0 saturated carbocycles. The van der Waals surface area contributed by atoms with E-state index >= 15 is 0 Å². The Morgan fingerprint density at radius 2 is 2.16 bits per heavy atom. The summed E-state index contributed by atoms with van der Waals surface area (Å²) in [4.78, 5) is 13.4. The smallest absolute Gasteiger partial charge is 0.252 e. The standard InChI is InChI=1S/C16H25N3O3S2.ClH/c1-12-6-7-15(23-12)24(21,22)19-9-3-4-13(11-19)16(20)18-10-14-5-2-8-17-14;/h6-7,13-14,17H,2-5,8-11H2,1H3,(H,18,20);1H. The van der Waals surface area contributed by atoms with E-state index in [-0.39, 0.29) is 30.8 Å². The summed E-state index contributed by atoms with van der Waals surface area (Å²) in [5.41, 5.74) is 0. The maximum Gasteiger partial charge on any atom is 0.252 e. The van der Waals surface area contributed by atoms with E-state index in [4.69, 9.17) is 0 Å². The summed E-state index contributed by atoms with van der Waals surface area (Å²) < 4.78 is 27.3. The highest BCUT2D eigenvalue weighted by Gasteiger charge is 2.34. The number of carbonyl (C=O) groups is 1. The van der Waals surface area contributed by atoms with Gasteiger partial charge in [-0.2, -0.15) is 4.31 Å². The molecule has 2 aliphatic rings. The highest BCUT2D eigenvalue weighted by molar-refractivity contribution is 7.91. The first-order chi connectivity index (χ1) is 11.5. The fourth-order valence-corrected chi connectivity index (χ4v) is 6.31. The Morgan fingerprint density at radius 1 is 1.36 bits per heavy atom. The van der Waals surface area contributed by atoms with Gasteiger partial charge < -0.3 is 10.6 Å². The molecule has 0 spiro atoms. The zero-order valence-corrected chi connectivity index (χ0v) is 16.8. The van der Waals surface area contributed by atoms with Gasteiger partial charge in [-0.15, -0.1) is 23.7 Å². The van der Waals surface area contributed by atoms with Crippen molar-refractivity contribution in [1.82, 2.24) is 14.9 Å². The Bertz CT molecular complexity index is 687. The number of amides is 1. The van der Waals surface area contributed by atoms with Gasteiger partial charge >= 0.3 is 0 Å². The van der Waals surface area contributed by atoms with Gasteiger partial charge in [-0.25, -0.2) is 8.42 Å². The Kier molecular flexibility index (Phi) is 7.28. The van der Waals surface area contributed by atoms with E-state index in [1.807, 2.05) is 13.0 Å². The second kappa shape index (κ2) is 8.81. The fraction of sp³-hybridized carbons (Fsp3) is 0.688. The lowest BCUT2D eigenvalue weighted by Gasteiger charge is -2.31. The Hall–Kier alpha value is -0.670. The van der Waals surface area contributed by atoms with Crippen molar-refractivity contribution < 1.29 is 13.2 Å². The monoisotopic (exact) mass is 407 g/mol. The highest BCUT2D eigenvalue weighted by atomic mass is 35.5. The second-order valence-electron chi connectivity index (χ2n) is 6.61. The van der Waals surface area contributed by atoms with Crippen molar-refractivity contribution in [3.8, 4) is 0 Å². The van der Waals surface area contributed by atoms with E-state index in [0.717, 1.165) is 37.1 Å². The molecule has 2 fully saturated rings. The Balaban J connectivity index is 0.00000225. The van der Waals surface area contributed by atoms with E-state index in [9.17, 15) is 13.2 Å². The fourth-order valence-electron chi connectivity index (χ4n) is 3.35. The van der Waals surface area contributed by atoms with Crippen LogP contribution < -0.4 is 10.6 Å². The summed E-state index contributed by atoms with van der Waals surface area (Å²) in [6.07, 6.45) is 3.71. The molecule has 0 radical (unpaired) electrons. The molecule has 3 rings (SSSR count). The molecule has 1 amide bonds. The minimum atomic E-state index is -3.48. The first-order valence-electron chi connectivity index (χ1n) is 8.54. The van der Waals surface area contributed by atoms with E-state index in [1.54, 1.807) is 6.07 Å². The van der Waals surface area contributed by atoms with Crippen molar-refractivity contribution in [2.45, 2.75) is 42.9 Å². The predicted molar refractivity (Wildman–Crippen MR) is 102 cm³/mol. The van der Waals surface area contributed by atoms with Gasteiger partial charge in [-0.05, 0) is 51.3 Å². The minimum Gasteiger partial charge on any atom is -0.354 e. The summed E-state index contributed by atoms with van der Waals surface area (Å²) in [5.74, 6) is -0.276. The Labute approximate surface area is 159 Å². The molecule has 3 heterocycles. The van der Waals surface area contributed by atoms with Gasteiger partial charge in [0, 0.05) is 30.6 Å². The number of carbonyl (C=O) groups excluding carboxylic acids is 1. The molecule has 2 saturated heterocycles.